The van der Waals surface area contributed by atoms with E-state index >= 15 is 0 Å². The number of methoxy groups -OCH3 is 1. The molecular weight excluding hydrogens is 336 g/mol. The molecule has 0 radical (unpaired) electrons. The molecule has 2 atom stereocenters. The van der Waals surface area contributed by atoms with Crippen LogP contribution in [0.25, 0.3) is 0 Å². The predicted octanol–water partition coefficient (Wildman–Crippen LogP) is 4.13. The molecule has 2 aliphatic heterocycles. The van der Waals surface area contributed by atoms with Gasteiger partial charge in [0.15, 0.2) is 11.5 Å². The molecule has 1 aromatic carbocycles. The third-order valence-corrected chi connectivity index (χ3v) is 6.87. The van der Waals surface area contributed by atoms with Gasteiger partial charge in [-0.25, -0.2) is 0 Å². The summed E-state index contributed by atoms with van der Waals surface area (Å²) in [5.41, 5.74) is 2.90. The molecule has 2 heterocycles. The van der Waals surface area contributed by atoms with Gasteiger partial charge >= 0.3 is 0 Å². The molecule has 150 valence electrons. The van der Waals surface area contributed by atoms with E-state index in [9.17, 15) is 0 Å². The molecule has 2 fully saturated rings. The van der Waals surface area contributed by atoms with Crippen molar-refractivity contribution >= 4 is 0 Å². The minimum Gasteiger partial charge on any atom is -0.493 e. The van der Waals surface area contributed by atoms with Crippen LogP contribution in [-0.2, 0) is 6.42 Å². The SMILES string of the molecule is COc1cc2c(cc1OCC1CCC1)CCN1CC(CC(C)C)N(C)CC21. The Kier molecular flexibility index (Phi) is 5.65. The Balaban J connectivity index is 1.52. The second-order valence-electron chi connectivity index (χ2n) is 9.29. The summed E-state index contributed by atoms with van der Waals surface area (Å²) in [6, 6.07) is 5.69. The van der Waals surface area contributed by atoms with Gasteiger partial charge in [-0.3, -0.25) is 4.90 Å². The van der Waals surface area contributed by atoms with Crippen molar-refractivity contribution in [1.82, 2.24) is 9.80 Å². The predicted molar refractivity (Wildman–Crippen MR) is 110 cm³/mol. The average Bonchev–Trinajstić information content (AvgIpc) is 2.60. The zero-order valence-corrected chi connectivity index (χ0v) is 17.5. The maximum atomic E-state index is 6.17. The van der Waals surface area contributed by atoms with Gasteiger partial charge in [0.1, 0.15) is 0 Å². The monoisotopic (exact) mass is 372 g/mol. The third-order valence-electron chi connectivity index (χ3n) is 6.87. The summed E-state index contributed by atoms with van der Waals surface area (Å²) in [6.07, 6.45) is 6.39. The number of rotatable bonds is 6. The molecule has 2 unspecified atom stereocenters. The fourth-order valence-corrected chi connectivity index (χ4v) is 4.96. The lowest BCUT2D eigenvalue weighted by Crippen LogP contribution is -2.55. The normalized spacial score (nSPS) is 26.4. The van der Waals surface area contributed by atoms with E-state index in [2.05, 4.69) is 42.8 Å². The second-order valence-corrected chi connectivity index (χ2v) is 9.29. The van der Waals surface area contributed by atoms with Crippen LogP contribution in [0.5, 0.6) is 11.5 Å². The first-order chi connectivity index (χ1) is 13.0. The molecule has 0 amide bonds. The maximum Gasteiger partial charge on any atom is 0.161 e. The van der Waals surface area contributed by atoms with E-state index in [0.717, 1.165) is 49.5 Å². The number of benzene rings is 1. The zero-order valence-electron chi connectivity index (χ0n) is 17.5. The number of hydrogen-bond donors (Lipinski definition) is 0. The molecule has 3 aliphatic rings. The fraction of sp³-hybridized carbons (Fsp3) is 0.739. The summed E-state index contributed by atoms with van der Waals surface area (Å²) in [5.74, 6) is 3.34. The Morgan fingerprint density at radius 1 is 1.15 bits per heavy atom. The van der Waals surface area contributed by atoms with Crippen LogP contribution in [0.15, 0.2) is 12.1 Å². The van der Waals surface area contributed by atoms with Gasteiger partial charge in [0.25, 0.3) is 0 Å². The van der Waals surface area contributed by atoms with Crippen molar-refractivity contribution in [3.05, 3.63) is 23.3 Å². The number of nitrogens with zero attached hydrogens (tertiary/aromatic N) is 2. The summed E-state index contributed by atoms with van der Waals surface area (Å²) in [5, 5.41) is 0. The highest BCUT2D eigenvalue weighted by molar-refractivity contribution is 5.49. The molecular formula is C23H36N2O2. The molecule has 1 saturated heterocycles. The average molecular weight is 373 g/mol. The highest BCUT2D eigenvalue weighted by atomic mass is 16.5. The van der Waals surface area contributed by atoms with Crippen LogP contribution >= 0.6 is 0 Å². The van der Waals surface area contributed by atoms with E-state index in [-0.39, 0.29) is 0 Å². The van der Waals surface area contributed by atoms with E-state index in [1.165, 1.54) is 43.4 Å². The molecule has 4 rings (SSSR count). The smallest absolute Gasteiger partial charge is 0.161 e. The Bertz CT molecular complexity index is 656. The van der Waals surface area contributed by atoms with Crippen molar-refractivity contribution in [2.45, 2.75) is 58.0 Å². The highest BCUT2D eigenvalue weighted by Crippen LogP contribution is 2.41. The second kappa shape index (κ2) is 8.00. The zero-order chi connectivity index (χ0) is 19.0. The third kappa shape index (κ3) is 3.97. The van der Waals surface area contributed by atoms with Gasteiger partial charge in [-0.2, -0.15) is 0 Å². The van der Waals surface area contributed by atoms with Crippen molar-refractivity contribution < 1.29 is 9.47 Å². The van der Waals surface area contributed by atoms with Crippen LogP contribution in [0.4, 0.5) is 0 Å². The van der Waals surface area contributed by atoms with Crippen molar-refractivity contribution in [2.24, 2.45) is 11.8 Å². The van der Waals surface area contributed by atoms with Crippen LogP contribution in [0.3, 0.4) is 0 Å². The first kappa shape index (κ1) is 19.1. The van der Waals surface area contributed by atoms with Gasteiger partial charge in [-0.15, -0.1) is 0 Å². The number of hydrogen-bond acceptors (Lipinski definition) is 4. The van der Waals surface area contributed by atoms with E-state index < -0.39 is 0 Å². The molecule has 1 saturated carbocycles. The van der Waals surface area contributed by atoms with Crippen LogP contribution in [0.1, 0.15) is 56.7 Å². The lowest BCUT2D eigenvalue weighted by Gasteiger charge is -2.48. The fourth-order valence-electron chi connectivity index (χ4n) is 4.96. The van der Waals surface area contributed by atoms with Crippen LogP contribution in [-0.4, -0.2) is 56.2 Å². The number of piperazine rings is 1. The number of ether oxygens (including phenoxy) is 2. The Labute approximate surface area is 164 Å². The maximum absolute atomic E-state index is 6.17. The molecule has 0 spiro atoms. The quantitative estimate of drug-likeness (QED) is 0.749. The summed E-state index contributed by atoms with van der Waals surface area (Å²) in [4.78, 5) is 5.27. The molecule has 1 aromatic rings. The van der Waals surface area contributed by atoms with E-state index in [0.29, 0.717) is 12.1 Å². The van der Waals surface area contributed by atoms with Crippen LogP contribution in [0.2, 0.25) is 0 Å². The van der Waals surface area contributed by atoms with E-state index in [4.69, 9.17) is 9.47 Å². The van der Waals surface area contributed by atoms with Crippen molar-refractivity contribution in [2.75, 3.05) is 40.4 Å². The lowest BCUT2D eigenvalue weighted by atomic mass is 9.86. The van der Waals surface area contributed by atoms with Gasteiger partial charge in [-0.05, 0) is 67.8 Å². The molecule has 4 heteroatoms. The van der Waals surface area contributed by atoms with E-state index in [1.54, 1.807) is 7.11 Å². The molecule has 0 N–H and O–H groups in total. The lowest BCUT2D eigenvalue weighted by molar-refractivity contribution is 0.0294. The summed E-state index contributed by atoms with van der Waals surface area (Å²) in [6.45, 7) is 8.96. The van der Waals surface area contributed by atoms with Crippen molar-refractivity contribution in [3.63, 3.8) is 0 Å². The van der Waals surface area contributed by atoms with Gasteiger partial charge < -0.3 is 14.4 Å². The summed E-state index contributed by atoms with van der Waals surface area (Å²) >= 11 is 0. The molecule has 0 bridgehead atoms. The van der Waals surface area contributed by atoms with Crippen LogP contribution in [0, 0.1) is 11.8 Å². The summed E-state index contributed by atoms with van der Waals surface area (Å²) in [7, 11) is 4.07. The number of fused-ring (bicyclic) bond motifs is 3. The molecule has 0 aromatic heterocycles. The van der Waals surface area contributed by atoms with Crippen molar-refractivity contribution in [1.29, 1.82) is 0 Å². The Morgan fingerprint density at radius 3 is 2.63 bits per heavy atom. The minimum atomic E-state index is 0.483. The first-order valence-electron chi connectivity index (χ1n) is 10.8. The Morgan fingerprint density at radius 2 is 1.96 bits per heavy atom. The Hall–Kier alpha value is -1.26. The molecule has 4 nitrogen and oxygen atoms in total. The largest absolute Gasteiger partial charge is 0.493 e. The van der Waals surface area contributed by atoms with Gasteiger partial charge in [-0.1, -0.05) is 20.3 Å². The van der Waals surface area contributed by atoms with Gasteiger partial charge in [0.05, 0.1) is 13.7 Å². The first-order valence-corrected chi connectivity index (χ1v) is 10.8. The molecule has 27 heavy (non-hydrogen) atoms. The highest BCUT2D eigenvalue weighted by Gasteiger charge is 2.36. The van der Waals surface area contributed by atoms with Crippen LogP contribution < -0.4 is 9.47 Å². The number of likely N-dealkylation sites (N-methyl/N-ethyl adjacent to an activating group) is 1. The van der Waals surface area contributed by atoms with Gasteiger partial charge in [0, 0.05) is 31.7 Å². The standard InChI is InChI=1S/C23H36N2O2/c1-16(2)10-19-13-25-9-8-18-11-23(27-15-17-6-5-7-17)22(26-4)12-20(18)21(25)14-24(19)3/h11-12,16-17,19,21H,5-10,13-15H2,1-4H3. The summed E-state index contributed by atoms with van der Waals surface area (Å²) < 4.78 is 11.9. The van der Waals surface area contributed by atoms with E-state index in [1.807, 2.05) is 0 Å². The minimum absolute atomic E-state index is 0.483. The topological polar surface area (TPSA) is 24.9 Å². The molecule has 1 aliphatic carbocycles. The van der Waals surface area contributed by atoms with Crippen molar-refractivity contribution in [3.8, 4) is 11.5 Å². The van der Waals surface area contributed by atoms with Gasteiger partial charge in [0.2, 0.25) is 0 Å².